The van der Waals surface area contributed by atoms with Crippen molar-refractivity contribution in [1.29, 1.82) is 0 Å². The maximum atomic E-state index is 11.8. The van der Waals surface area contributed by atoms with Crippen LogP contribution < -0.4 is 5.69 Å². The number of aromatic nitrogens is 2. The zero-order valence-corrected chi connectivity index (χ0v) is 10.2. The molecule has 0 fully saturated rings. The van der Waals surface area contributed by atoms with Gasteiger partial charge in [-0.05, 0) is 24.6 Å². The zero-order valence-electron chi connectivity index (χ0n) is 9.38. The summed E-state index contributed by atoms with van der Waals surface area (Å²) in [6.45, 7) is 1.95. The minimum atomic E-state index is -1.08. The van der Waals surface area contributed by atoms with Gasteiger partial charge in [0.1, 0.15) is 10.4 Å². The van der Waals surface area contributed by atoms with Crippen molar-refractivity contribution >= 4 is 32.4 Å². The number of thiazole rings is 1. The highest BCUT2D eigenvalue weighted by molar-refractivity contribution is 7.24. The molecule has 0 saturated carbocycles. The molecule has 3 aromatic rings. The summed E-state index contributed by atoms with van der Waals surface area (Å²) in [4.78, 5) is 26.9. The number of aryl methyl sites for hydroxylation is 1. The molecule has 90 valence electrons. The summed E-state index contributed by atoms with van der Waals surface area (Å²) in [6.07, 6.45) is 1.11. The van der Waals surface area contributed by atoms with Crippen molar-refractivity contribution in [2.24, 2.45) is 0 Å². The number of carboxylic acid groups (broad SMARTS) is 1. The number of carbonyl (C=O) groups is 1. The van der Waals surface area contributed by atoms with Crippen molar-refractivity contribution in [2.45, 2.75) is 6.92 Å². The number of aromatic carboxylic acids is 1. The van der Waals surface area contributed by atoms with E-state index in [9.17, 15) is 9.59 Å². The van der Waals surface area contributed by atoms with E-state index in [2.05, 4.69) is 4.98 Å². The Kier molecular flexibility index (Phi) is 2.21. The maximum Gasteiger partial charge on any atom is 0.353 e. The van der Waals surface area contributed by atoms with E-state index in [-0.39, 0.29) is 5.56 Å². The Labute approximate surface area is 105 Å². The van der Waals surface area contributed by atoms with Crippen LogP contribution in [0.1, 0.15) is 15.9 Å². The third-order valence-electron chi connectivity index (χ3n) is 2.72. The van der Waals surface area contributed by atoms with Crippen LogP contribution in [0.15, 0.2) is 29.2 Å². The van der Waals surface area contributed by atoms with Gasteiger partial charge in [0.25, 0.3) is 0 Å². The lowest BCUT2D eigenvalue weighted by atomic mass is 10.2. The Balaban J connectivity index is 2.60. The highest BCUT2D eigenvalue weighted by atomic mass is 32.1. The van der Waals surface area contributed by atoms with Gasteiger partial charge in [-0.2, -0.15) is 0 Å². The summed E-state index contributed by atoms with van der Waals surface area (Å²) in [7, 11) is 0. The van der Waals surface area contributed by atoms with E-state index < -0.39 is 11.7 Å². The molecule has 0 bridgehead atoms. The molecular weight excluding hydrogens is 252 g/mol. The summed E-state index contributed by atoms with van der Waals surface area (Å²) in [5.74, 6) is -1.08. The van der Waals surface area contributed by atoms with E-state index in [1.165, 1.54) is 15.7 Å². The number of rotatable bonds is 1. The van der Waals surface area contributed by atoms with E-state index in [1.54, 1.807) is 0 Å². The Morgan fingerprint density at radius 1 is 1.44 bits per heavy atom. The first-order chi connectivity index (χ1) is 8.58. The molecule has 2 heterocycles. The van der Waals surface area contributed by atoms with Gasteiger partial charge in [0.05, 0.1) is 16.4 Å². The van der Waals surface area contributed by atoms with Gasteiger partial charge in [-0.1, -0.05) is 6.07 Å². The fourth-order valence-electron chi connectivity index (χ4n) is 1.89. The van der Waals surface area contributed by atoms with Gasteiger partial charge in [-0.15, -0.1) is 11.3 Å². The SMILES string of the molecule is Cc1ccc2c(c1)sc1c(C(=O)O)cnc(=O)n12. The monoisotopic (exact) mass is 260 g/mol. The zero-order chi connectivity index (χ0) is 12.9. The second-order valence-corrected chi connectivity index (χ2v) is 5.00. The van der Waals surface area contributed by atoms with Crippen LogP contribution in [0, 0.1) is 6.92 Å². The van der Waals surface area contributed by atoms with Crippen LogP contribution in [-0.4, -0.2) is 20.5 Å². The summed E-state index contributed by atoms with van der Waals surface area (Å²) in [5, 5.41) is 9.10. The second-order valence-electron chi connectivity index (χ2n) is 3.97. The van der Waals surface area contributed by atoms with Crippen molar-refractivity contribution < 1.29 is 9.90 Å². The van der Waals surface area contributed by atoms with Gasteiger partial charge in [0.15, 0.2) is 0 Å². The molecule has 0 aliphatic carbocycles. The van der Waals surface area contributed by atoms with Crippen LogP contribution >= 0.6 is 11.3 Å². The third kappa shape index (κ3) is 1.42. The molecule has 2 aromatic heterocycles. The van der Waals surface area contributed by atoms with Gasteiger partial charge in [0.2, 0.25) is 0 Å². The van der Waals surface area contributed by atoms with Crippen LogP contribution in [-0.2, 0) is 0 Å². The van der Waals surface area contributed by atoms with E-state index in [1.807, 2.05) is 25.1 Å². The number of hydrogen-bond donors (Lipinski definition) is 1. The normalized spacial score (nSPS) is 11.2. The predicted octanol–water partition coefficient (Wildman–Crippen LogP) is 1.92. The minimum absolute atomic E-state index is 0.0495. The van der Waals surface area contributed by atoms with Crippen LogP contribution in [0.5, 0.6) is 0 Å². The Bertz CT molecular complexity index is 848. The lowest BCUT2D eigenvalue weighted by Gasteiger charge is -1.97. The van der Waals surface area contributed by atoms with Gasteiger partial charge >= 0.3 is 11.7 Å². The topological polar surface area (TPSA) is 71.7 Å². The van der Waals surface area contributed by atoms with Crippen molar-refractivity contribution in [3.8, 4) is 0 Å². The molecule has 1 N–H and O–H groups in total. The smallest absolute Gasteiger partial charge is 0.353 e. The first kappa shape index (κ1) is 10.9. The third-order valence-corrected chi connectivity index (χ3v) is 3.86. The highest BCUT2D eigenvalue weighted by Crippen LogP contribution is 2.27. The molecule has 18 heavy (non-hydrogen) atoms. The summed E-state index contributed by atoms with van der Waals surface area (Å²) < 4.78 is 2.23. The van der Waals surface area contributed by atoms with E-state index >= 15 is 0 Å². The van der Waals surface area contributed by atoms with Crippen LogP contribution in [0.3, 0.4) is 0 Å². The Morgan fingerprint density at radius 2 is 2.22 bits per heavy atom. The van der Waals surface area contributed by atoms with Gasteiger partial charge in [0, 0.05) is 0 Å². The van der Waals surface area contributed by atoms with Crippen molar-refractivity contribution in [3.05, 3.63) is 46.0 Å². The van der Waals surface area contributed by atoms with Gasteiger partial charge in [-0.3, -0.25) is 0 Å². The molecule has 0 radical (unpaired) electrons. The average Bonchev–Trinajstić information content (AvgIpc) is 2.67. The molecule has 0 spiro atoms. The molecule has 0 amide bonds. The summed E-state index contributed by atoms with van der Waals surface area (Å²) in [5.41, 5.74) is 1.35. The Hall–Kier alpha value is -2.21. The number of nitrogens with zero attached hydrogens (tertiary/aromatic N) is 2. The molecule has 5 nitrogen and oxygen atoms in total. The van der Waals surface area contributed by atoms with Crippen molar-refractivity contribution in [2.75, 3.05) is 0 Å². The quantitative estimate of drug-likeness (QED) is 0.725. The standard InChI is InChI=1S/C12H8N2O3S/c1-6-2-3-8-9(4-6)18-10-7(11(15)16)5-13-12(17)14(8)10/h2-5H,1H3,(H,15,16). The first-order valence-corrected chi connectivity index (χ1v) is 6.04. The lowest BCUT2D eigenvalue weighted by Crippen LogP contribution is -2.17. The van der Waals surface area contributed by atoms with Crippen LogP contribution in [0.2, 0.25) is 0 Å². The molecule has 0 aliphatic heterocycles. The number of fused-ring (bicyclic) bond motifs is 3. The molecule has 0 saturated heterocycles. The molecule has 0 unspecified atom stereocenters. The molecular formula is C12H8N2O3S. The largest absolute Gasteiger partial charge is 0.478 e. The van der Waals surface area contributed by atoms with Crippen LogP contribution in [0.25, 0.3) is 15.0 Å². The van der Waals surface area contributed by atoms with Crippen molar-refractivity contribution in [1.82, 2.24) is 9.38 Å². The van der Waals surface area contributed by atoms with Gasteiger partial charge in [-0.25, -0.2) is 19.0 Å². The molecule has 3 rings (SSSR count). The molecule has 0 aliphatic rings. The number of benzene rings is 1. The maximum absolute atomic E-state index is 11.8. The number of carboxylic acids is 1. The van der Waals surface area contributed by atoms with Crippen molar-refractivity contribution in [3.63, 3.8) is 0 Å². The van der Waals surface area contributed by atoms with E-state index in [4.69, 9.17) is 5.11 Å². The first-order valence-electron chi connectivity index (χ1n) is 5.22. The molecule has 0 atom stereocenters. The van der Waals surface area contributed by atoms with Crippen LogP contribution in [0.4, 0.5) is 0 Å². The fourth-order valence-corrected chi connectivity index (χ4v) is 3.13. The average molecular weight is 260 g/mol. The van der Waals surface area contributed by atoms with E-state index in [0.717, 1.165) is 16.5 Å². The predicted molar refractivity (Wildman–Crippen MR) is 68.5 cm³/mol. The van der Waals surface area contributed by atoms with Gasteiger partial charge < -0.3 is 5.11 Å². The molecule has 1 aromatic carbocycles. The second kappa shape index (κ2) is 3.64. The summed E-state index contributed by atoms with van der Waals surface area (Å²) >= 11 is 1.29. The molecule has 6 heteroatoms. The lowest BCUT2D eigenvalue weighted by molar-refractivity contribution is 0.0698. The number of hydrogen-bond acceptors (Lipinski definition) is 4. The minimum Gasteiger partial charge on any atom is -0.478 e. The van der Waals surface area contributed by atoms with E-state index in [0.29, 0.717) is 10.3 Å². The Morgan fingerprint density at radius 3 is 2.94 bits per heavy atom. The highest BCUT2D eigenvalue weighted by Gasteiger charge is 2.15. The summed E-state index contributed by atoms with van der Waals surface area (Å²) in [6, 6.07) is 5.62. The fraction of sp³-hybridized carbons (Fsp3) is 0.0833.